The van der Waals surface area contributed by atoms with Crippen molar-refractivity contribution in [1.82, 2.24) is 9.55 Å². The maximum absolute atomic E-state index is 5.67. The van der Waals surface area contributed by atoms with Crippen LogP contribution in [0.2, 0.25) is 0 Å². The highest BCUT2D eigenvalue weighted by molar-refractivity contribution is 7.97. The van der Waals surface area contributed by atoms with E-state index in [1.165, 1.54) is 5.52 Å². The van der Waals surface area contributed by atoms with E-state index in [0.29, 0.717) is 12.6 Å². The van der Waals surface area contributed by atoms with Crippen LogP contribution in [-0.4, -0.2) is 15.8 Å². The van der Waals surface area contributed by atoms with Crippen LogP contribution in [0.1, 0.15) is 31.3 Å². The molecule has 0 spiro atoms. The summed E-state index contributed by atoms with van der Waals surface area (Å²) >= 11 is 1.80. The second kappa shape index (κ2) is 5.10. The molecule has 1 heterocycles. The largest absolute Gasteiger partial charge is 0.326 e. The molecule has 0 bridgehead atoms. The summed E-state index contributed by atoms with van der Waals surface area (Å²) in [5, 5.41) is 0. The van der Waals surface area contributed by atoms with Gasteiger partial charge in [-0.15, -0.1) is 0 Å². The topological polar surface area (TPSA) is 43.8 Å². The van der Waals surface area contributed by atoms with Crippen LogP contribution in [0.3, 0.4) is 0 Å². The van der Waals surface area contributed by atoms with Crippen molar-refractivity contribution in [3.63, 3.8) is 0 Å². The zero-order valence-electron chi connectivity index (χ0n) is 10.6. The Morgan fingerprint density at radius 3 is 2.76 bits per heavy atom. The summed E-state index contributed by atoms with van der Waals surface area (Å²) in [6, 6.07) is 6.75. The van der Waals surface area contributed by atoms with Crippen molar-refractivity contribution < 1.29 is 0 Å². The Balaban J connectivity index is 2.61. The number of benzene rings is 1. The van der Waals surface area contributed by atoms with Gasteiger partial charge in [0, 0.05) is 12.6 Å². The summed E-state index contributed by atoms with van der Waals surface area (Å²) in [6.45, 7) is 4.96. The molecule has 92 valence electrons. The van der Waals surface area contributed by atoms with Crippen LogP contribution in [0.15, 0.2) is 18.2 Å². The molecule has 0 unspecified atom stereocenters. The van der Waals surface area contributed by atoms with Gasteiger partial charge in [-0.1, -0.05) is 6.07 Å². The molecule has 0 saturated heterocycles. The molecule has 2 N–H and O–H groups in total. The molecule has 1 aromatic heterocycles. The second-order valence-electron chi connectivity index (χ2n) is 4.45. The normalized spacial score (nSPS) is 11.6. The Morgan fingerprint density at radius 1 is 1.41 bits per heavy atom. The van der Waals surface area contributed by atoms with Gasteiger partial charge in [0.25, 0.3) is 0 Å². The van der Waals surface area contributed by atoms with Gasteiger partial charge in [-0.2, -0.15) is 11.8 Å². The Kier molecular flexibility index (Phi) is 3.74. The number of fused-ring (bicyclic) bond motifs is 1. The van der Waals surface area contributed by atoms with E-state index in [-0.39, 0.29) is 0 Å². The predicted octanol–water partition coefficient (Wildman–Crippen LogP) is 2.94. The first-order valence-electron chi connectivity index (χ1n) is 5.86. The van der Waals surface area contributed by atoms with Crippen LogP contribution < -0.4 is 5.73 Å². The summed E-state index contributed by atoms with van der Waals surface area (Å²) in [5.41, 5.74) is 9.08. The minimum atomic E-state index is 0.436. The third kappa shape index (κ3) is 2.33. The molecule has 0 aliphatic rings. The average Bonchev–Trinajstić information content (AvgIpc) is 2.66. The van der Waals surface area contributed by atoms with Crippen molar-refractivity contribution in [2.45, 2.75) is 32.2 Å². The van der Waals surface area contributed by atoms with E-state index >= 15 is 0 Å². The minimum absolute atomic E-state index is 0.436. The second-order valence-corrected chi connectivity index (χ2v) is 5.32. The van der Waals surface area contributed by atoms with Gasteiger partial charge in [0.05, 0.1) is 16.8 Å². The van der Waals surface area contributed by atoms with Crippen LogP contribution in [0, 0.1) is 0 Å². The zero-order chi connectivity index (χ0) is 12.4. The first-order valence-corrected chi connectivity index (χ1v) is 7.25. The lowest BCUT2D eigenvalue weighted by Gasteiger charge is -2.12. The van der Waals surface area contributed by atoms with Gasteiger partial charge in [-0.3, -0.25) is 0 Å². The monoisotopic (exact) mass is 249 g/mol. The van der Waals surface area contributed by atoms with Crippen molar-refractivity contribution >= 4 is 22.8 Å². The molecule has 17 heavy (non-hydrogen) atoms. The molecule has 0 aliphatic heterocycles. The van der Waals surface area contributed by atoms with Crippen LogP contribution in [0.25, 0.3) is 11.0 Å². The van der Waals surface area contributed by atoms with Crippen molar-refractivity contribution in [1.29, 1.82) is 0 Å². The third-order valence-corrected chi connectivity index (χ3v) is 3.40. The summed E-state index contributed by atoms with van der Waals surface area (Å²) in [4.78, 5) is 4.72. The molecule has 3 nitrogen and oxygen atoms in total. The standard InChI is InChI=1S/C13H19N3S/c1-9(2)16-12-5-4-10(7-14)6-11(12)15-13(16)8-17-3/h4-6,9H,7-8,14H2,1-3H3. The fourth-order valence-corrected chi connectivity index (χ4v) is 2.59. The molecule has 0 aliphatic carbocycles. The van der Waals surface area contributed by atoms with E-state index in [0.717, 1.165) is 22.7 Å². The predicted molar refractivity (Wildman–Crippen MR) is 75.2 cm³/mol. The summed E-state index contributed by atoms with van der Waals surface area (Å²) in [5.74, 6) is 2.10. The van der Waals surface area contributed by atoms with Gasteiger partial charge in [0.1, 0.15) is 5.82 Å². The van der Waals surface area contributed by atoms with Crippen LogP contribution in [0.5, 0.6) is 0 Å². The summed E-state index contributed by atoms with van der Waals surface area (Å²) in [7, 11) is 0. The Morgan fingerprint density at radius 2 is 2.18 bits per heavy atom. The highest BCUT2D eigenvalue weighted by Crippen LogP contribution is 2.24. The Bertz CT molecular complexity index is 517. The number of imidazole rings is 1. The van der Waals surface area contributed by atoms with Gasteiger partial charge < -0.3 is 10.3 Å². The smallest absolute Gasteiger partial charge is 0.120 e. The van der Waals surface area contributed by atoms with E-state index in [2.05, 4.69) is 42.9 Å². The maximum Gasteiger partial charge on any atom is 0.120 e. The first kappa shape index (κ1) is 12.5. The number of hydrogen-bond donors (Lipinski definition) is 1. The zero-order valence-corrected chi connectivity index (χ0v) is 11.4. The Hall–Kier alpha value is -1.00. The lowest BCUT2D eigenvalue weighted by molar-refractivity contribution is 0.597. The molecular weight excluding hydrogens is 230 g/mol. The number of rotatable bonds is 4. The van der Waals surface area contributed by atoms with Gasteiger partial charge in [0.2, 0.25) is 0 Å². The first-order chi connectivity index (χ1) is 8.17. The molecule has 2 rings (SSSR count). The van der Waals surface area contributed by atoms with Crippen molar-refractivity contribution in [3.8, 4) is 0 Å². The van der Waals surface area contributed by atoms with E-state index in [4.69, 9.17) is 10.7 Å². The molecular formula is C13H19N3S. The lowest BCUT2D eigenvalue weighted by atomic mass is 10.2. The highest BCUT2D eigenvalue weighted by atomic mass is 32.2. The third-order valence-electron chi connectivity index (χ3n) is 2.85. The van der Waals surface area contributed by atoms with Crippen molar-refractivity contribution in [2.75, 3.05) is 6.26 Å². The van der Waals surface area contributed by atoms with Crippen LogP contribution in [0.4, 0.5) is 0 Å². The number of nitrogens with zero attached hydrogens (tertiary/aromatic N) is 2. The molecule has 0 fully saturated rings. The fourth-order valence-electron chi connectivity index (χ4n) is 2.13. The van der Waals surface area contributed by atoms with Crippen LogP contribution in [-0.2, 0) is 12.3 Å². The van der Waals surface area contributed by atoms with E-state index in [9.17, 15) is 0 Å². The van der Waals surface area contributed by atoms with Gasteiger partial charge in [-0.05, 0) is 37.8 Å². The molecule has 0 atom stereocenters. The quantitative estimate of drug-likeness (QED) is 0.906. The van der Waals surface area contributed by atoms with Crippen LogP contribution >= 0.6 is 11.8 Å². The van der Waals surface area contributed by atoms with E-state index in [1.807, 2.05) is 0 Å². The van der Waals surface area contributed by atoms with Gasteiger partial charge in [0.15, 0.2) is 0 Å². The Labute approximate surface area is 106 Å². The average molecular weight is 249 g/mol. The van der Waals surface area contributed by atoms with Crippen molar-refractivity contribution in [2.24, 2.45) is 5.73 Å². The van der Waals surface area contributed by atoms with E-state index < -0.39 is 0 Å². The SMILES string of the molecule is CSCc1nc2cc(CN)ccc2n1C(C)C. The number of aromatic nitrogens is 2. The number of nitrogens with two attached hydrogens (primary N) is 1. The maximum atomic E-state index is 5.67. The molecule has 0 amide bonds. The summed E-state index contributed by atoms with van der Waals surface area (Å²) in [6.07, 6.45) is 2.11. The highest BCUT2D eigenvalue weighted by Gasteiger charge is 2.12. The van der Waals surface area contributed by atoms with Gasteiger partial charge in [-0.25, -0.2) is 4.98 Å². The lowest BCUT2D eigenvalue weighted by Crippen LogP contribution is -2.05. The molecule has 4 heteroatoms. The molecule has 1 aromatic carbocycles. The minimum Gasteiger partial charge on any atom is -0.326 e. The van der Waals surface area contributed by atoms with Gasteiger partial charge >= 0.3 is 0 Å². The fraction of sp³-hybridized carbons (Fsp3) is 0.462. The number of hydrogen-bond acceptors (Lipinski definition) is 3. The number of thioether (sulfide) groups is 1. The molecule has 2 aromatic rings. The molecule has 0 saturated carbocycles. The van der Waals surface area contributed by atoms with E-state index in [1.54, 1.807) is 11.8 Å². The summed E-state index contributed by atoms with van der Waals surface area (Å²) < 4.78 is 2.31. The molecule has 0 radical (unpaired) electrons. The van der Waals surface area contributed by atoms with Crippen molar-refractivity contribution in [3.05, 3.63) is 29.6 Å².